The number of carbonyl (C=O) groups excluding carboxylic acids is 1. The SMILES string of the molecule is CO[C@H]1CN(C(=O)C2CCN(C)CC2)CC[C@@]12CCCO2. The van der Waals surface area contributed by atoms with Crippen LogP contribution in [0.1, 0.15) is 32.1 Å². The zero-order valence-electron chi connectivity index (χ0n) is 13.3. The molecule has 3 aliphatic rings. The lowest BCUT2D eigenvalue weighted by molar-refractivity contribution is -0.162. The molecule has 0 aromatic carbocycles. The third kappa shape index (κ3) is 2.96. The molecule has 1 amide bonds. The highest BCUT2D eigenvalue weighted by atomic mass is 16.5. The Morgan fingerprint density at radius 2 is 2.00 bits per heavy atom. The summed E-state index contributed by atoms with van der Waals surface area (Å²) in [7, 11) is 3.88. The monoisotopic (exact) mass is 296 g/mol. The van der Waals surface area contributed by atoms with Gasteiger partial charge in [0.05, 0.1) is 5.60 Å². The van der Waals surface area contributed by atoms with E-state index in [-0.39, 0.29) is 17.6 Å². The quantitative estimate of drug-likeness (QED) is 0.766. The molecule has 0 aromatic heterocycles. The first kappa shape index (κ1) is 15.3. The Balaban J connectivity index is 1.61. The van der Waals surface area contributed by atoms with E-state index in [0.29, 0.717) is 12.5 Å². The predicted octanol–water partition coefficient (Wildman–Crippen LogP) is 1.12. The van der Waals surface area contributed by atoms with Crippen LogP contribution in [0.2, 0.25) is 0 Å². The van der Waals surface area contributed by atoms with E-state index in [9.17, 15) is 4.79 Å². The molecule has 1 spiro atoms. The fourth-order valence-electron chi connectivity index (χ4n) is 4.12. The van der Waals surface area contributed by atoms with Gasteiger partial charge in [0.2, 0.25) is 5.91 Å². The summed E-state index contributed by atoms with van der Waals surface area (Å²) >= 11 is 0. The van der Waals surface area contributed by atoms with Crippen LogP contribution < -0.4 is 0 Å². The van der Waals surface area contributed by atoms with Crippen molar-refractivity contribution in [3.63, 3.8) is 0 Å². The summed E-state index contributed by atoms with van der Waals surface area (Å²) in [5, 5.41) is 0. The molecule has 21 heavy (non-hydrogen) atoms. The van der Waals surface area contributed by atoms with Crippen LogP contribution in [0.25, 0.3) is 0 Å². The molecule has 0 unspecified atom stereocenters. The van der Waals surface area contributed by atoms with Gasteiger partial charge in [-0.1, -0.05) is 0 Å². The van der Waals surface area contributed by atoms with Gasteiger partial charge in [-0.15, -0.1) is 0 Å². The first-order valence-corrected chi connectivity index (χ1v) is 8.29. The van der Waals surface area contributed by atoms with E-state index >= 15 is 0 Å². The zero-order chi connectivity index (χ0) is 14.9. The molecule has 0 radical (unpaired) electrons. The van der Waals surface area contributed by atoms with Crippen molar-refractivity contribution in [3.05, 3.63) is 0 Å². The minimum atomic E-state index is -0.127. The number of piperidine rings is 2. The number of hydrogen-bond donors (Lipinski definition) is 0. The molecular weight excluding hydrogens is 268 g/mol. The lowest BCUT2D eigenvalue weighted by atomic mass is 9.85. The lowest BCUT2D eigenvalue weighted by Crippen LogP contribution is -2.58. The van der Waals surface area contributed by atoms with Gasteiger partial charge in [0.1, 0.15) is 6.10 Å². The number of nitrogens with zero attached hydrogens (tertiary/aromatic N) is 2. The number of ether oxygens (including phenoxy) is 2. The maximum Gasteiger partial charge on any atom is 0.225 e. The minimum Gasteiger partial charge on any atom is -0.377 e. The summed E-state index contributed by atoms with van der Waals surface area (Å²) in [5.74, 6) is 0.537. The Labute approximate surface area is 127 Å². The van der Waals surface area contributed by atoms with Gasteiger partial charge in [-0.05, 0) is 52.2 Å². The van der Waals surface area contributed by atoms with E-state index < -0.39 is 0 Å². The molecule has 0 saturated carbocycles. The van der Waals surface area contributed by atoms with E-state index in [4.69, 9.17) is 9.47 Å². The second-order valence-corrected chi connectivity index (χ2v) is 6.85. The third-order valence-corrected chi connectivity index (χ3v) is 5.58. The summed E-state index contributed by atoms with van der Waals surface area (Å²) in [4.78, 5) is 17.1. The summed E-state index contributed by atoms with van der Waals surface area (Å²) in [5.41, 5.74) is -0.127. The van der Waals surface area contributed by atoms with Crippen molar-refractivity contribution in [2.24, 2.45) is 5.92 Å². The highest BCUT2D eigenvalue weighted by molar-refractivity contribution is 5.79. The molecule has 3 fully saturated rings. The number of likely N-dealkylation sites (tertiary alicyclic amines) is 2. The number of amides is 1. The van der Waals surface area contributed by atoms with E-state index in [1.54, 1.807) is 7.11 Å². The van der Waals surface area contributed by atoms with Crippen molar-refractivity contribution >= 4 is 5.91 Å². The summed E-state index contributed by atoms with van der Waals surface area (Å²) in [6, 6.07) is 0. The van der Waals surface area contributed by atoms with Crippen LogP contribution in [-0.4, -0.2) is 74.4 Å². The van der Waals surface area contributed by atoms with Crippen molar-refractivity contribution in [2.75, 3.05) is 46.9 Å². The molecule has 2 atom stereocenters. The second kappa shape index (κ2) is 6.23. The van der Waals surface area contributed by atoms with Gasteiger partial charge >= 0.3 is 0 Å². The van der Waals surface area contributed by atoms with Crippen LogP contribution in [0.3, 0.4) is 0 Å². The van der Waals surface area contributed by atoms with Crippen LogP contribution >= 0.6 is 0 Å². The molecule has 3 heterocycles. The maximum absolute atomic E-state index is 12.7. The lowest BCUT2D eigenvalue weighted by Gasteiger charge is -2.45. The van der Waals surface area contributed by atoms with Crippen molar-refractivity contribution in [1.82, 2.24) is 9.80 Å². The van der Waals surface area contributed by atoms with Crippen molar-refractivity contribution in [1.29, 1.82) is 0 Å². The van der Waals surface area contributed by atoms with Gasteiger partial charge in [-0.3, -0.25) is 4.79 Å². The molecule has 0 N–H and O–H groups in total. The van der Waals surface area contributed by atoms with Gasteiger partial charge in [0.15, 0.2) is 0 Å². The van der Waals surface area contributed by atoms with Crippen LogP contribution in [0.4, 0.5) is 0 Å². The minimum absolute atomic E-state index is 0.0314. The van der Waals surface area contributed by atoms with Crippen LogP contribution in [0, 0.1) is 5.92 Å². The Hall–Kier alpha value is -0.650. The van der Waals surface area contributed by atoms with Gasteiger partial charge in [0.25, 0.3) is 0 Å². The fraction of sp³-hybridized carbons (Fsp3) is 0.938. The Morgan fingerprint density at radius 1 is 1.24 bits per heavy atom. The molecule has 5 nitrogen and oxygen atoms in total. The molecule has 3 aliphatic heterocycles. The van der Waals surface area contributed by atoms with E-state index in [1.165, 1.54) is 0 Å². The number of methoxy groups -OCH3 is 1. The number of carbonyl (C=O) groups is 1. The molecular formula is C16H28N2O3. The van der Waals surface area contributed by atoms with Crippen LogP contribution in [0.15, 0.2) is 0 Å². The highest BCUT2D eigenvalue weighted by Gasteiger charge is 2.48. The summed E-state index contributed by atoms with van der Waals surface area (Å²) in [6.45, 7) is 4.42. The van der Waals surface area contributed by atoms with E-state index in [0.717, 1.165) is 58.3 Å². The highest BCUT2D eigenvalue weighted by Crippen LogP contribution is 2.38. The predicted molar refractivity (Wildman–Crippen MR) is 80.1 cm³/mol. The molecule has 0 bridgehead atoms. The second-order valence-electron chi connectivity index (χ2n) is 6.85. The van der Waals surface area contributed by atoms with Gasteiger partial charge in [0, 0.05) is 32.7 Å². The van der Waals surface area contributed by atoms with Gasteiger partial charge in [-0.2, -0.15) is 0 Å². The number of rotatable bonds is 2. The van der Waals surface area contributed by atoms with Gasteiger partial charge < -0.3 is 19.3 Å². The average Bonchev–Trinajstić information content (AvgIpc) is 2.97. The van der Waals surface area contributed by atoms with Crippen LogP contribution in [-0.2, 0) is 14.3 Å². The Kier molecular flexibility index (Phi) is 4.52. The van der Waals surface area contributed by atoms with Gasteiger partial charge in [-0.25, -0.2) is 0 Å². The fourth-order valence-corrected chi connectivity index (χ4v) is 4.12. The first-order chi connectivity index (χ1) is 10.1. The normalized spacial score (nSPS) is 35.5. The molecule has 5 heteroatoms. The van der Waals surface area contributed by atoms with Crippen molar-refractivity contribution in [2.45, 2.75) is 43.8 Å². The van der Waals surface area contributed by atoms with E-state index in [2.05, 4.69) is 11.9 Å². The molecule has 0 aliphatic carbocycles. The molecule has 120 valence electrons. The van der Waals surface area contributed by atoms with E-state index in [1.807, 2.05) is 4.90 Å². The standard InChI is InChI=1S/C16H28N2O3/c1-17-8-4-13(5-9-17)15(19)18-10-7-16(6-3-11-21-16)14(12-18)20-2/h13-14H,3-12H2,1-2H3/t14-,16-/m0/s1. The van der Waals surface area contributed by atoms with Crippen LogP contribution in [0.5, 0.6) is 0 Å². The largest absolute Gasteiger partial charge is 0.377 e. The first-order valence-electron chi connectivity index (χ1n) is 8.29. The summed E-state index contributed by atoms with van der Waals surface area (Å²) < 4.78 is 11.7. The van der Waals surface area contributed by atoms with Crippen molar-refractivity contribution < 1.29 is 14.3 Å². The smallest absolute Gasteiger partial charge is 0.225 e. The zero-order valence-corrected chi connectivity index (χ0v) is 13.3. The maximum atomic E-state index is 12.7. The molecule has 3 rings (SSSR count). The molecule has 0 aromatic rings. The van der Waals surface area contributed by atoms with Crippen molar-refractivity contribution in [3.8, 4) is 0 Å². The molecule has 3 saturated heterocycles. The average molecular weight is 296 g/mol. The Bertz CT molecular complexity index is 374. The Morgan fingerprint density at radius 3 is 2.62 bits per heavy atom. The third-order valence-electron chi connectivity index (χ3n) is 5.58. The topological polar surface area (TPSA) is 42.0 Å². The number of hydrogen-bond acceptors (Lipinski definition) is 4. The summed E-state index contributed by atoms with van der Waals surface area (Å²) in [6.07, 6.45) is 5.12.